The lowest BCUT2D eigenvalue weighted by Gasteiger charge is -2.36. The van der Waals surface area contributed by atoms with E-state index in [-0.39, 0.29) is 0 Å². The normalized spacial score (nSPS) is 14.2. The minimum absolute atomic E-state index is 0.406. The molecule has 0 aliphatic carbocycles. The van der Waals surface area contributed by atoms with E-state index in [0.29, 0.717) is 0 Å². The Kier molecular flexibility index (Phi) is 7.02. The summed E-state index contributed by atoms with van der Waals surface area (Å²) in [7, 11) is -3.38. The van der Waals surface area contributed by atoms with Gasteiger partial charge in [-0.15, -0.1) is 0 Å². The Balaban J connectivity index is 1.71. The average molecular weight is 565 g/mol. The fraction of sp³-hybridized carbons (Fsp3) is 0.128. The Morgan fingerprint density at radius 3 is 1.83 bits per heavy atom. The lowest BCUT2D eigenvalue weighted by atomic mass is 9.82. The standard InChI is InChI=1S/C39H33O2P/c1-2-3-23-32-31-24-13-14-25-33(31)39(42(40,29-19-9-5-10-20-29)30-21-11-6-12-22-30)37-36(32)34-26-15-16-27-35(34)41-38(37)28-17-7-4-8-18-28/h4-22,24-27,38H,2-3,23H2,1H3. The number of fused-ring (bicyclic) bond motifs is 4. The number of benzene rings is 6. The number of para-hydroxylation sites is 1. The summed E-state index contributed by atoms with van der Waals surface area (Å²) in [5.41, 5.74) is 5.65. The lowest BCUT2D eigenvalue weighted by molar-refractivity contribution is 0.244. The third kappa shape index (κ3) is 4.30. The van der Waals surface area contributed by atoms with Crippen molar-refractivity contribution in [2.75, 3.05) is 0 Å². The number of hydrogen-bond donors (Lipinski definition) is 0. The SMILES string of the molecule is CCCCc1c2c(c(P(=O)(c3ccccc3)c3ccccc3)c3ccccc13)C(c1ccccc1)Oc1ccccc1-2. The van der Waals surface area contributed by atoms with Crippen molar-refractivity contribution >= 4 is 33.8 Å². The zero-order valence-electron chi connectivity index (χ0n) is 23.7. The van der Waals surface area contributed by atoms with Crippen LogP contribution in [0, 0.1) is 0 Å². The molecule has 0 amide bonds. The van der Waals surface area contributed by atoms with Crippen LogP contribution < -0.4 is 20.7 Å². The van der Waals surface area contributed by atoms with Crippen LogP contribution in [0.1, 0.15) is 42.6 Å². The fourth-order valence-corrected chi connectivity index (χ4v) is 9.64. The smallest absolute Gasteiger partial charge is 0.172 e. The average Bonchev–Trinajstić information content (AvgIpc) is 3.07. The molecule has 1 unspecified atom stereocenters. The molecule has 0 bridgehead atoms. The van der Waals surface area contributed by atoms with Gasteiger partial charge in [0.1, 0.15) is 5.75 Å². The molecule has 0 saturated carbocycles. The van der Waals surface area contributed by atoms with Crippen molar-refractivity contribution in [3.8, 4) is 16.9 Å². The van der Waals surface area contributed by atoms with Crippen molar-refractivity contribution < 1.29 is 9.30 Å². The first-order valence-corrected chi connectivity index (χ1v) is 16.5. The van der Waals surface area contributed by atoms with E-state index < -0.39 is 13.2 Å². The zero-order valence-corrected chi connectivity index (χ0v) is 24.6. The van der Waals surface area contributed by atoms with Crippen LogP contribution in [0.2, 0.25) is 0 Å². The first kappa shape index (κ1) is 26.5. The second-order valence-corrected chi connectivity index (χ2v) is 13.6. The number of ether oxygens (including phenoxy) is 1. The Hall–Kier alpha value is -4.39. The van der Waals surface area contributed by atoms with Gasteiger partial charge >= 0.3 is 0 Å². The van der Waals surface area contributed by atoms with Crippen LogP contribution in [0.15, 0.2) is 140 Å². The lowest BCUT2D eigenvalue weighted by Crippen LogP contribution is -2.32. The van der Waals surface area contributed by atoms with E-state index in [1.165, 1.54) is 16.5 Å². The second kappa shape index (κ2) is 11.1. The van der Waals surface area contributed by atoms with Crippen molar-refractivity contribution in [1.29, 1.82) is 0 Å². The minimum Gasteiger partial charge on any atom is -0.480 e. The van der Waals surface area contributed by atoms with Crippen LogP contribution in [-0.2, 0) is 11.0 Å². The summed E-state index contributed by atoms with van der Waals surface area (Å²) < 4.78 is 23.2. The second-order valence-electron chi connectivity index (χ2n) is 11.0. The molecule has 1 atom stereocenters. The van der Waals surface area contributed by atoms with Gasteiger partial charge in [0.2, 0.25) is 0 Å². The van der Waals surface area contributed by atoms with E-state index in [9.17, 15) is 0 Å². The summed E-state index contributed by atoms with van der Waals surface area (Å²) in [5, 5.41) is 4.76. The quantitative estimate of drug-likeness (QED) is 0.181. The predicted molar refractivity (Wildman–Crippen MR) is 176 cm³/mol. The van der Waals surface area contributed by atoms with Crippen molar-refractivity contribution in [3.63, 3.8) is 0 Å². The molecule has 1 aliphatic heterocycles. The van der Waals surface area contributed by atoms with Gasteiger partial charge in [0.15, 0.2) is 13.2 Å². The minimum atomic E-state index is -3.38. The van der Waals surface area contributed by atoms with Gasteiger partial charge in [-0.2, -0.15) is 0 Å². The Labute approximate surface area is 248 Å². The topological polar surface area (TPSA) is 26.3 Å². The summed E-state index contributed by atoms with van der Waals surface area (Å²) in [6, 6.07) is 47.4. The highest BCUT2D eigenvalue weighted by molar-refractivity contribution is 7.85. The van der Waals surface area contributed by atoms with Gasteiger partial charge < -0.3 is 9.30 Å². The molecule has 0 aromatic heterocycles. The Morgan fingerprint density at radius 1 is 0.643 bits per heavy atom. The molecule has 6 aromatic rings. The maximum atomic E-state index is 16.3. The molecule has 0 radical (unpaired) electrons. The van der Waals surface area contributed by atoms with Crippen molar-refractivity contribution in [2.45, 2.75) is 32.3 Å². The first-order chi connectivity index (χ1) is 20.7. The van der Waals surface area contributed by atoms with Gasteiger partial charge in [0.05, 0.1) is 0 Å². The van der Waals surface area contributed by atoms with E-state index in [2.05, 4.69) is 73.7 Å². The predicted octanol–water partition coefficient (Wildman–Crippen LogP) is 8.97. The third-order valence-electron chi connectivity index (χ3n) is 8.43. The van der Waals surface area contributed by atoms with Crippen molar-refractivity contribution in [3.05, 3.63) is 156 Å². The first-order valence-electron chi connectivity index (χ1n) is 14.8. The molecule has 0 fully saturated rings. The van der Waals surface area contributed by atoms with Gasteiger partial charge in [-0.1, -0.05) is 147 Å². The summed E-state index contributed by atoms with van der Waals surface area (Å²) in [5.74, 6) is 0.868. The van der Waals surface area contributed by atoms with Crippen LogP contribution in [0.25, 0.3) is 21.9 Å². The van der Waals surface area contributed by atoms with Gasteiger partial charge in [0, 0.05) is 27.0 Å². The highest BCUT2D eigenvalue weighted by atomic mass is 31.2. The molecular weight excluding hydrogens is 531 g/mol. The van der Waals surface area contributed by atoms with Crippen LogP contribution >= 0.6 is 7.14 Å². The van der Waals surface area contributed by atoms with E-state index >= 15 is 4.57 Å². The molecule has 42 heavy (non-hydrogen) atoms. The van der Waals surface area contributed by atoms with Crippen LogP contribution in [-0.4, -0.2) is 0 Å². The molecule has 206 valence electrons. The zero-order chi connectivity index (χ0) is 28.5. The molecule has 0 N–H and O–H groups in total. The Bertz CT molecular complexity index is 1870. The van der Waals surface area contributed by atoms with Crippen LogP contribution in [0.5, 0.6) is 5.75 Å². The van der Waals surface area contributed by atoms with Gasteiger partial charge in [-0.3, -0.25) is 0 Å². The number of aryl methyl sites for hydroxylation is 1. The highest BCUT2D eigenvalue weighted by Gasteiger charge is 2.41. The maximum Gasteiger partial charge on any atom is 0.172 e. The number of rotatable bonds is 7. The van der Waals surface area contributed by atoms with E-state index in [1.807, 2.05) is 72.8 Å². The van der Waals surface area contributed by atoms with E-state index in [0.717, 1.165) is 63.0 Å². The van der Waals surface area contributed by atoms with Crippen molar-refractivity contribution in [1.82, 2.24) is 0 Å². The van der Waals surface area contributed by atoms with Crippen LogP contribution in [0.4, 0.5) is 0 Å². The molecule has 0 spiro atoms. The van der Waals surface area contributed by atoms with E-state index in [4.69, 9.17) is 4.74 Å². The van der Waals surface area contributed by atoms with E-state index in [1.54, 1.807) is 0 Å². The molecule has 1 aliphatic rings. The molecule has 1 heterocycles. The van der Waals surface area contributed by atoms with Gasteiger partial charge in [-0.05, 0) is 46.4 Å². The van der Waals surface area contributed by atoms with Gasteiger partial charge in [0.25, 0.3) is 0 Å². The Morgan fingerprint density at radius 2 is 1.19 bits per heavy atom. The fourth-order valence-electron chi connectivity index (χ4n) is 6.54. The summed E-state index contributed by atoms with van der Waals surface area (Å²) >= 11 is 0. The molecule has 3 heteroatoms. The van der Waals surface area contributed by atoms with Crippen LogP contribution in [0.3, 0.4) is 0 Å². The molecule has 6 aromatic carbocycles. The molecular formula is C39H33O2P. The summed E-state index contributed by atoms with van der Waals surface area (Å²) in [6.45, 7) is 2.24. The maximum absolute atomic E-state index is 16.3. The number of unbranched alkanes of at least 4 members (excludes halogenated alkanes) is 1. The summed E-state index contributed by atoms with van der Waals surface area (Å²) in [6.07, 6.45) is 2.70. The molecule has 2 nitrogen and oxygen atoms in total. The molecule has 7 rings (SSSR count). The largest absolute Gasteiger partial charge is 0.480 e. The monoisotopic (exact) mass is 564 g/mol. The summed E-state index contributed by atoms with van der Waals surface area (Å²) in [4.78, 5) is 0. The number of hydrogen-bond acceptors (Lipinski definition) is 2. The highest BCUT2D eigenvalue weighted by Crippen LogP contribution is 2.54. The van der Waals surface area contributed by atoms with Gasteiger partial charge in [-0.25, -0.2) is 0 Å². The third-order valence-corrected chi connectivity index (χ3v) is 11.6. The molecule has 0 saturated heterocycles. The van der Waals surface area contributed by atoms with Crippen molar-refractivity contribution in [2.24, 2.45) is 0 Å².